The van der Waals surface area contributed by atoms with Gasteiger partial charge in [0.1, 0.15) is 18.2 Å². The Labute approximate surface area is 158 Å². The molecule has 0 aliphatic carbocycles. The second-order valence-electron chi connectivity index (χ2n) is 6.95. The normalized spacial score (nSPS) is 14.3. The average Bonchev–Trinajstić information content (AvgIpc) is 3.15. The number of nitrogens with one attached hydrogen (secondary N) is 1. The van der Waals surface area contributed by atoms with Gasteiger partial charge in [0.05, 0.1) is 6.04 Å². The highest BCUT2D eigenvalue weighted by Crippen LogP contribution is 2.31. The number of rotatable bonds is 8. The molecule has 2 heterocycles. The third-order valence-electron chi connectivity index (χ3n) is 4.27. The first-order valence-electron chi connectivity index (χ1n) is 9.19. The van der Waals surface area contributed by atoms with Crippen LogP contribution in [0.25, 0.3) is 0 Å². The molecule has 0 fully saturated rings. The molecule has 1 aliphatic heterocycles. The van der Waals surface area contributed by atoms with Crippen molar-refractivity contribution in [3.63, 3.8) is 0 Å². The van der Waals surface area contributed by atoms with Gasteiger partial charge in [-0.2, -0.15) is 0 Å². The average molecular weight is 375 g/mol. The van der Waals surface area contributed by atoms with Gasteiger partial charge in [-0.25, -0.2) is 4.98 Å². The van der Waals surface area contributed by atoms with E-state index in [-0.39, 0.29) is 11.9 Å². The fourth-order valence-corrected chi connectivity index (χ4v) is 3.76. The summed E-state index contributed by atoms with van der Waals surface area (Å²) in [6.07, 6.45) is 4.85. The molecule has 2 aromatic rings. The van der Waals surface area contributed by atoms with Crippen molar-refractivity contribution in [3.8, 4) is 11.5 Å². The molecule has 1 N–H and O–H groups in total. The van der Waals surface area contributed by atoms with E-state index >= 15 is 0 Å². The fourth-order valence-electron chi connectivity index (χ4n) is 3.06. The van der Waals surface area contributed by atoms with Crippen molar-refractivity contribution < 1.29 is 14.3 Å². The molecule has 5 nitrogen and oxygen atoms in total. The van der Waals surface area contributed by atoms with E-state index in [2.05, 4.69) is 24.1 Å². The molecule has 1 aromatic heterocycles. The van der Waals surface area contributed by atoms with Crippen molar-refractivity contribution in [3.05, 3.63) is 40.3 Å². The Morgan fingerprint density at radius 3 is 2.81 bits per heavy atom. The molecule has 6 heteroatoms. The van der Waals surface area contributed by atoms with E-state index in [0.29, 0.717) is 25.6 Å². The number of carbonyl (C=O) groups is 1. The van der Waals surface area contributed by atoms with Crippen LogP contribution in [0, 0.1) is 5.92 Å². The number of aryl methyl sites for hydroxylation is 1. The van der Waals surface area contributed by atoms with Gasteiger partial charge in [0.25, 0.3) is 0 Å². The summed E-state index contributed by atoms with van der Waals surface area (Å²) in [4.78, 5) is 16.7. The van der Waals surface area contributed by atoms with Gasteiger partial charge in [-0.3, -0.25) is 4.79 Å². The highest BCUT2D eigenvalue weighted by Gasteiger charge is 2.18. The Morgan fingerprint density at radius 1 is 1.27 bits per heavy atom. The highest BCUT2D eigenvalue weighted by atomic mass is 32.1. The van der Waals surface area contributed by atoms with E-state index in [0.717, 1.165) is 35.8 Å². The van der Waals surface area contributed by atoms with E-state index in [1.807, 2.05) is 23.6 Å². The minimum Gasteiger partial charge on any atom is -0.486 e. The van der Waals surface area contributed by atoms with Crippen LogP contribution in [0.4, 0.5) is 0 Å². The zero-order chi connectivity index (χ0) is 18.4. The summed E-state index contributed by atoms with van der Waals surface area (Å²) in [5.41, 5.74) is 1.17. The summed E-state index contributed by atoms with van der Waals surface area (Å²) >= 11 is 1.60. The first-order chi connectivity index (χ1) is 12.6. The summed E-state index contributed by atoms with van der Waals surface area (Å²) < 4.78 is 11.2. The SMILES string of the molecule is CC(C)CC(NC(=O)CCCc1ccc2c(c1)OCCO2)c1nccs1. The minimum atomic E-state index is 0.0109. The monoisotopic (exact) mass is 374 g/mol. The molecule has 0 saturated carbocycles. The molecule has 140 valence electrons. The zero-order valence-electron chi connectivity index (χ0n) is 15.4. The van der Waals surface area contributed by atoms with E-state index in [1.54, 1.807) is 17.5 Å². The maximum atomic E-state index is 12.4. The Kier molecular flexibility index (Phi) is 6.50. The molecule has 0 bridgehead atoms. The first-order valence-corrected chi connectivity index (χ1v) is 10.1. The third-order valence-corrected chi connectivity index (χ3v) is 5.16. The standard InChI is InChI=1S/C20H26N2O3S/c1-14(2)12-16(20-21-8-11-26-20)22-19(23)5-3-4-15-6-7-17-18(13-15)25-10-9-24-17/h6-8,11,13-14,16H,3-5,9-10,12H2,1-2H3,(H,22,23). The van der Waals surface area contributed by atoms with Crippen molar-refractivity contribution in [1.29, 1.82) is 0 Å². The summed E-state index contributed by atoms with van der Waals surface area (Å²) in [5.74, 6) is 2.20. The summed E-state index contributed by atoms with van der Waals surface area (Å²) in [7, 11) is 0. The first kappa shape index (κ1) is 18.7. The van der Waals surface area contributed by atoms with E-state index in [1.165, 1.54) is 5.56 Å². The molecule has 26 heavy (non-hydrogen) atoms. The number of thiazole rings is 1. The van der Waals surface area contributed by atoms with Gasteiger partial charge < -0.3 is 14.8 Å². The summed E-state index contributed by atoms with van der Waals surface area (Å²) in [5, 5.41) is 6.09. The predicted octanol–water partition coefficient (Wildman–Crippen LogP) is 4.14. The van der Waals surface area contributed by atoms with Crippen molar-refractivity contribution >= 4 is 17.2 Å². The zero-order valence-corrected chi connectivity index (χ0v) is 16.2. The van der Waals surface area contributed by atoms with Crippen molar-refractivity contribution in [1.82, 2.24) is 10.3 Å². The quantitative estimate of drug-likeness (QED) is 0.754. The number of hydrogen-bond acceptors (Lipinski definition) is 5. The Hall–Kier alpha value is -2.08. The topological polar surface area (TPSA) is 60.5 Å². The number of hydrogen-bond donors (Lipinski definition) is 1. The molecule has 0 spiro atoms. The molecular weight excluding hydrogens is 348 g/mol. The van der Waals surface area contributed by atoms with Gasteiger partial charge in [-0.15, -0.1) is 11.3 Å². The predicted molar refractivity (Wildman–Crippen MR) is 103 cm³/mol. The van der Waals surface area contributed by atoms with Crippen molar-refractivity contribution in [2.24, 2.45) is 5.92 Å². The number of amides is 1. The molecule has 0 saturated heterocycles. The van der Waals surface area contributed by atoms with Crippen LogP contribution in [0.2, 0.25) is 0 Å². The van der Waals surface area contributed by atoms with E-state index in [4.69, 9.17) is 9.47 Å². The van der Waals surface area contributed by atoms with Crippen LogP contribution in [-0.2, 0) is 11.2 Å². The Bertz CT molecular complexity index is 716. The van der Waals surface area contributed by atoms with Gasteiger partial charge in [-0.05, 0) is 42.9 Å². The molecule has 1 amide bonds. The second kappa shape index (κ2) is 9.03. The highest BCUT2D eigenvalue weighted by molar-refractivity contribution is 7.09. The smallest absolute Gasteiger partial charge is 0.220 e. The number of ether oxygens (including phenoxy) is 2. The van der Waals surface area contributed by atoms with Crippen molar-refractivity contribution in [2.75, 3.05) is 13.2 Å². The van der Waals surface area contributed by atoms with Gasteiger partial charge in [0, 0.05) is 18.0 Å². The maximum Gasteiger partial charge on any atom is 0.220 e. The van der Waals surface area contributed by atoms with Gasteiger partial charge in [-0.1, -0.05) is 19.9 Å². The fraction of sp³-hybridized carbons (Fsp3) is 0.500. The maximum absolute atomic E-state index is 12.4. The van der Waals surface area contributed by atoms with Gasteiger partial charge in [0.2, 0.25) is 5.91 Å². The molecule has 1 aromatic carbocycles. The Morgan fingerprint density at radius 2 is 2.08 bits per heavy atom. The van der Waals surface area contributed by atoms with Crippen LogP contribution in [0.1, 0.15) is 49.7 Å². The van der Waals surface area contributed by atoms with E-state index < -0.39 is 0 Å². The summed E-state index contributed by atoms with van der Waals surface area (Å²) in [6.45, 7) is 5.51. The Balaban J connectivity index is 1.48. The molecule has 3 rings (SSSR count). The van der Waals surface area contributed by atoms with Gasteiger partial charge >= 0.3 is 0 Å². The molecule has 1 atom stereocenters. The molecule has 0 radical (unpaired) electrons. The largest absolute Gasteiger partial charge is 0.486 e. The minimum absolute atomic E-state index is 0.0109. The molecular formula is C20H26N2O3S. The van der Waals surface area contributed by atoms with Crippen LogP contribution in [0.5, 0.6) is 11.5 Å². The summed E-state index contributed by atoms with van der Waals surface area (Å²) in [6, 6.07) is 6.02. The number of carbonyl (C=O) groups excluding carboxylic acids is 1. The van der Waals surface area contributed by atoms with Crippen LogP contribution in [0.3, 0.4) is 0 Å². The van der Waals surface area contributed by atoms with Crippen molar-refractivity contribution in [2.45, 2.75) is 45.6 Å². The van der Waals surface area contributed by atoms with Crippen LogP contribution in [0.15, 0.2) is 29.8 Å². The molecule has 1 aliphatic rings. The third kappa shape index (κ3) is 5.21. The van der Waals surface area contributed by atoms with Crippen LogP contribution >= 0.6 is 11.3 Å². The number of nitrogens with zero attached hydrogens (tertiary/aromatic N) is 1. The molecule has 1 unspecified atom stereocenters. The van der Waals surface area contributed by atoms with E-state index in [9.17, 15) is 4.79 Å². The number of aromatic nitrogens is 1. The van der Waals surface area contributed by atoms with Crippen LogP contribution < -0.4 is 14.8 Å². The number of fused-ring (bicyclic) bond motifs is 1. The lowest BCUT2D eigenvalue weighted by molar-refractivity contribution is -0.122. The number of benzene rings is 1. The van der Waals surface area contributed by atoms with Gasteiger partial charge in [0.15, 0.2) is 11.5 Å². The lowest BCUT2D eigenvalue weighted by Gasteiger charge is -2.19. The van der Waals surface area contributed by atoms with Crippen LogP contribution in [-0.4, -0.2) is 24.1 Å². The second-order valence-corrected chi connectivity index (χ2v) is 7.88. The lowest BCUT2D eigenvalue weighted by Crippen LogP contribution is -2.29. The lowest BCUT2D eigenvalue weighted by atomic mass is 10.0.